The van der Waals surface area contributed by atoms with Crippen LogP contribution in [0.5, 0.6) is 11.5 Å². The molecular formula is C25H26N2O5. The van der Waals surface area contributed by atoms with Crippen molar-refractivity contribution < 1.29 is 23.9 Å². The molecule has 0 aromatic heterocycles. The van der Waals surface area contributed by atoms with Gasteiger partial charge in [-0.15, -0.1) is 6.58 Å². The summed E-state index contributed by atoms with van der Waals surface area (Å²) in [4.78, 5) is 39.2. The first-order valence-corrected chi connectivity index (χ1v) is 10.2. The summed E-state index contributed by atoms with van der Waals surface area (Å²) in [5.41, 5.74) is 3.57. The highest BCUT2D eigenvalue weighted by Crippen LogP contribution is 2.35. The second-order valence-corrected chi connectivity index (χ2v) is 7.36. The number of ether oxygens (including phenoxy) is 2. The topological polar surface area (TPSA) is 84.9 Å². The predicted molar refractivity (Wildman–Crippen MR) is 123 cm³/mol. The lowest BCUT2D eigenvalue weighted by Crippen LogP contribution is -2.54. The Morgan fingerprint density at radius 3 is 2.47 bits per heavy atom. The molecule has 1 aliphatic heterocycles. The van der Waals surface area contributed by atoms with Crippen LogP contribution in [0.2, 0.25) is 0 Å². The second kappa shape index (κ2) is 9.51. The number of aryl methyl sites for hydroxylation is 2. The van der Waals surface area contributed by atoms with Crippen LogP contribution < -0.4 is 19.7 Å². The first kappa shape index (κ1) is 22.8. The highest BCUT2D eigenvalue weighted by Gasteiger charge is 2.37. The van der Waals surface area contributed by atoms with Crippen LogP contribution in [-0.2, 0) is 16.0 Å². The van der Waals surface area contributed by atoms with E-state index in [-0.39, 0.29) is 5.57 Å². The minimum absolute atomic E-state index is 0.154. The van der Waals surface area contributed by atoms with Crippen molar-refractivity contribution in [3.8, 4) is 11.5 Å². The Kier molecular flexibility index (Phi) is 6.78. The highest BCUT2D eigenvalue weighted by molar-refractivity contribution is 6.39. The van der Waals surface area contributed by atoms with E-state index in [0.29, 0.717) is 35.8 Å². The molecule has 1 fully saturated rings. The Morgan fingerprint density at radius 2 is 1.84 bits per heavy atom. The number of anilines is 1. The van der Waals surface area contributed by atoms with Gasteiger partial charge >= 0.3 is 6.03 Å². The molecule has 1 heterocycles. The molecule has 7 heteroatoms. The number of carbonyl (C=O) groups excluding carboxylic acids is 3. The van der Waals surface area contributed by atoms with Crippen LogP contribution in [0.15, 0.2) is 48.6 Å². The number of allylic oxidation sites excluding steroid dienone is 1. The maximum atomic E-state index is 13.2. The molecule has 0 saturated carbocycles. The third-order valence-corrected chi connectivity index (χ3v) is 5.19. The van der Waals surface area contributed by atoms with E-state index >= 15 is 0 Å². The third-order valence-electron chi connectivity index (χ3n) is 5.19. The molecule has 0 bridgehead atoms. The Balaban J connectivity index is 2.08. The number of nitrogens with zero attached hydrogens (tertiary/aromatic N) is 1. The van der Waals surface area contributed by atoms with Gasteiger partial charge in [0.2, 0.25) is 0 Å². The van der Waals surface area contributed by atoms with Gasteiger partial charge in [0.05, 0.1) is 19.4 Å². The number of carbonyl (C=O) groups is 3. The predicted octanol–water partition coefficient (Wildman–Crippen LogP) is 4.11. The minimum Gasteiger partial charge on any atom is -0.493 e. The molecule has 7 nitrogen and oxygen atoms in total. The van der Waals surface area contributed by atoms with E-state index in [9.17, 15) is 14.4 Å². The third kappa shape index (κ3) is 4.42. The van der Waals surface area contributed by atoms with Crippen molar-refractivity contribution in [2.24, 2.45) is 0 Å². The highest BCUT2D eigenvalue weighted by atomic mass is 16.5. The minimum atomic E-state index is -0.781. The molecule has 0 atom stereocenters. The van der Waals surface area contributed by atoms with Gasteiger partial charge in [0.1, 0.15) is 5.57 Å². The first-order chi connectivity index (χ1) is 15.3. The van der Waals surface area contributed by atoms with Crippen molar-refractivity contribution in [3.05, 3.63) is 70.8 Å². The summed E-state index contributed by atoms with van der Waals surface area (Å²) in [6.45, 7) is 9.92. The van der Waals surface area contributed by atoms with Crippen LogP contribution in [-0.4, -0.2) is 31.6 Å². The lowest BCUT2D eigenvalue weighted by molar-refractivity contribution is -0.122. The molecule has 1 N–H and O–H groups in total. The number of amides is 4. The van der Waals surface area contributed by atoms with E-state index in [1.807, 2.05) is 26.8 Å². The number of imide groups is 2. The Morgan fingerprint density at radius 1 is 1.09 bits per heavy atom. The summed E-state index contributed by atoms with van der Waals surface area (Å²) in [6, 6.07) is 7.94. The van der Waals surface area contributed by atoms with Crippen molar-refractivity contribution in [3.63, 3.8) is 0 Å². The van der Waals surface area contributed by atoms with Crippen molar-refractivity contribution >= 4 is 29.6 Å². The second-order valence-electron chi connectivity index (χ2n) is 7.36. The zero-order valence-corrected chi connectivity index (χ0v) is 18.7. The average molecular weight is 434 g/mol. The summed E-state index contributed by atoms with van der Waals surface area (Å²) in [6.07, 6.45) is 3.69. The molecule has 0 unspecified atom stereocenters. The van der Waals surface area contributed by atoms with Crippen molar-refractivity contribution in [1.82, 2.24) is 5.32 Å². The Labute approximate surface area is 187 Å². The van der Waals surface area contributed by atoms with Gasteiger partial charge in [0.25, 0.3) is 11.8 Å². The van der Waals surface area contributed by atoms with Gasteiger partial charge in [-0.3, -0.25) is 14.9 Å². The summed E-state index contributed by atoms with van der Waals surface area (Å²) in [5.74, 6) is -0.384. The first-order valence-electron chi connectivity index (χ1n) is 10.2. The molecule has 2 aromatic carbocycles. The number of rotatable bonds is 7. The maximum Gasteiger partial charge on any atom is 0.335 e. The van der Waals surface area contributed by atoms with Crippen molar-refractivity contribution in [1.29, 1.82) is 0 Å². The molecule has 32 heavy (non-hydrogen) atoms. The van der Waals surface area contributed by atoms with Gasteiger partial charge in [-0.1, -0.05) is 12.1 Å². The molecule has 1 saturated heterocycles. The zero-order valence-electron chi connectivity index (χ0n) is 18.7. The SMILES string of the molecule is C=CCc1cc(/C=C2\C(=O)NC(=O)N(c3ccc(C)c(C)c3)C2=O)cc(OC)c1OCC. The van der Waals surface area contributed by atoms with Crippen LogP contribution >= 0.6 is 0 Å². The van der Waals surface area contributed by atoms with Gasteiger partial charge in [-0.25, -0.2) is 9.69 Å². The lowest BCUT2D eigenvalue weighted by Gasteiger charge is -2.27. The fourth-order valence-corrected chi connectivity index (χ4v) is 3.46. The number of benzene rings is 2. The Hall–Kier alpha value is -3.87. The molecule has 3 rings (SSSR count). The van der Waals surface area contributed by atoms with Crippen molar-refractivity contribution in [2.45, 2.75) is 27.2 Å². The van der Waals surface area contributed by atoms with Crippen LogP contribution in [0.3, 0.4) is 0 Å². The quantitative estimate of drug-likeness (QED) is 0.403. The van der Waals surface area contributed by atoms with E-state index in [1.165, 1.54) is 13.2 Å². The van der Waals surface area contributed by atoms with Gasteiger partial charge < -0.3 is 9.47 Å². The maximum absolute atomic E-state index is 13.2. The number of barbiturate groups is 1. The zero-order chi connectivity index (χ0) is 23.4. The molecule has 1 aliphatic rings. The molecule has 0 spiro atoms. The lowest BCUT2D eigenvalue weighted by atomic mass is 10.0. The molecular weight excluding hydrogens is 408 g/mol. The number of hydrogen-bond donors (Lipinski definition) is 1. The summed E-state index contributed by atoms with van der Waals surface area (Å²) in [7, 11) is 1.52. The average Bonchev–Trinajstić information content (AvgIpc) is 2.75. The van der Waals surface area contributed by atoms with Gasteiger partial charge in [-0.2, -0.15) is 0 Å². The summed E-state index contributed by atoms with van der Waals surface area (Å²) < 4.78 is 11.2. The summed E-state index contributed by atoms with van der Waals surface area (Å²) >= 11 is 0. The van der Waals surface area contributed by atoms with Gasteiger partial charge in [-0.05, 0) is 74.2 Å². The molecule has 0 aliphatic carbocycles. The van der Waals surface area contributed by atoms with E-state index in [0.717, 1.165) is 21.6 Å². The molecule has 166 valence electrons. The van der Waals surface area contributed by atoms with Crippen molar-refractivity contribution in [2.75, 3.05) is 18.6 Å². The normalized spacial score (nSPS) is 15.1. The van der Waals surface area contributed by atoms with E-state index < -0.39 is 17.8 Å². The summed E-state index contributed by atoms with van der Waals surface area (Å²) in [5, 5.41) is 2.25. The van der Waals surface area contributed by atoms with E-state index in [1.54, 1.807) is 30.3 Å². The number of hydrogen-bond acceptors (Lipinski definition) is 5. The molecule has 4 amide bonds. The van der Waals surface area contributed by atoms with Crippen LogP contribution in [0.4, 0.5) is 10.5 Å². The van der Waals surface area contributed by atoms with E-state index in [4.69, 9.17) is 9.47 Å². The monoisotopic (exact) mass is 434 g/mol. The molecule has 2 aromatic rings. The number of urea groups is 1. The van der Waals surface area contributed by atoms with Crippen LogP contribution in [0.25, 0.3) is 6.08 Å². The van der Waals surface area contributed by atoms with Gasteiger partial charge in [0.15, 0.2) is 11.5 Å². The Bertz CT molecular complexity index is 1130. The van der Waals surface area contributed by atoms with Crippen LogP contribution in [0, 0.1) is 13.8 Å². The smallest absolute Gasteiger partial charge is 0.335 e. The van der Waals surface area contributed by atoms with Crippen LogP contribution in [0.1, 0.15) is 29.2 Å². The standard InChI is InChI=1S/C25H26N2O5/c1-6-8-18-12-17(14-21(31-5)22(18)32-7-2)13-20-23(28)26-25(30)27(24(20)29)19-10-9-15(3)16(4)11-19/h6,9-14H,1,7-8H2,2-5H3,(H,26,28,30)/b20-13+. The molecule has 0 radical (unpaired) electrons. The fraction of sp³-hybridized carbons (Fsp3) is 0.240. The van der Waals surface area contributed by atoms with E-state index in [2.05, 4.69) is 11.9 Å². The number of nitrogens with one attached hydrogen (secondary N) is 1. The largest absolute Gasteiger partial charge is 0.493 e. The number of methoxy groups -OCH3 is 1. The van der Waals surface area contributed by atoms with Gasteiger partial charge in [0, 0.05) is 5.56 Å². The fourth-order valence-electron chi connectivity index (χ4n) is 3.46.